The third kappa shape index (κ3) is 4.62. The molecule has 0 aliphatic carbocycles. The van der Waals surface area contributed by atoms with Crippen LogP contribution in [0.3, 0.4) is 0 Å². The first kappa shape index (κ1) is 22.6. The first-order chi connectivity index (χ1) is 15.9. The van der Waals surface area contributed by atoms with Crippen LogP contribution < -0.4 is 0 Å². The molecule has 1 atom stereocenters. The number of halogens is 1. The van der Waals surface area contributed by atoms with E-state index in [1.807, 2.05) is 31.2 Å². The molecular weight excluding hydrogens is 419 g/mol. The molecule has 170 valence electrons. The van der Waals surface area contributed by atoms with E-state index in [4.69, 9.17) is 0 Å². The Bertz CT molecular complexity index is 1180. The van der Waals surface area contributed by atoms with E-state index in [1.165, 1.54) is 12.1 Å². The Morgan fingerprint density at radius 2 is 1.82 bits per heavy atom. The highest BCUT2D eigenvalue weighted by atomic mass is 19.1. The molecule has 1 fully saturated rings. The summed E-state index contributed by atoms with van der Waals surface area (Å²) >= 11 is 0. The summed E-state index contributed by atoms with van der Waals surface area (Å²) in [5, 5.41) is 0. The van der Waals surface area contributed by atoms with Crippen LogP contribution in [0.4, 0.5) is 4.39 Å². The SMILES string of the molecule is CCN1CCN(C(=O)c2cnc(C)nc2C)C(Cc2ccccc2-c2ccc(F)cc2)C1=O. The molecule has 4 rings (SSSR count). The molecule has 6 nitrogen and oxygen atoms in total. The molecule has 2 heterocycles. The van der Waals surface area contributed by atoms with Crippen molar-refractivity contribution in [2.75, 3.05) is 19.6 Å². The lowest BCUT2D eigenvalue weighted by atomic mass is 9.93. The molecular formula is C26H27FN4O2. The van der Waals surface area contributed by atoms with Gasteiger partial charge in [-0.2, -0.15) is 0 Å². The molecule has 33 heavy (non-hydrogen) atoms. The molecule has 1 unspecified atom stereocenters. The Morgan fingerprint density at radius 1 is 1.09 bits per heavy atom. The number of benzene rings is 2. The van der Waals surface area contributed by atoms with Crippen LogP contribution in [0.25, 0.3) is 11.1 Å². The summed E-state index contributed by atoms with van der Waals surface area (Å²) in [6, 6.07) is 13.4. The normalized spacial score (nSPS) is 16.2. The van der Waals surface area contributed by atoms with E-state index in [0.717, 1.165) is 16.7 Å². The summed E-state index contributed by atoms with van der Waals surface area (Å²) in [4.78, 5) is 38.8. The van der Waals surface area contributed by atoms with Crippen LogP contribution in [0.15, 0.2) is 54.7 Å². The van der Waals surface area contributed by atoms with E-state index in [-0.39, 0.29) is 17.6 Å². The molecule has 0 spiro atoms. The molecule has 3 aromatic rings. The number of carbonyl (C=O) groups is 2. The highest BCUT2D eigenvalue weighted by Gasteiger charge is 2.38. The van der Waals surface area contributed by atoms with Crippen LogP contribution in [0.1, 0.15) is 34.4 Å². The molecule has 0 N–H and O–H groups in total. The maximum Gasteiger partial charge on any atom is 0.258 e. The van der Waals surface area contributed by atoms with Crippen LogP contribution in [0.2, 0.25) is 0 Å². The molecule has 2 amide bonds. The van der Waals surface area contributed by atoms with Crippen molar-refractivity contribution in [3.8, 4) is 11.1 Å². The first-order valence-electron chi connectivity index (χ1n) is 11.1. The van der Waals surface area contributed by atoms with Crippen molar-refractivity contribution in [1.29, 1.82) is 0 Å². The first-order valence-corrected chi connectivity index (χ1v) is 11.1. The molecule has 0 radical (unpaired) electrons. The van der Waals surface area contributed by atoms with Crippen molar-refractivity contribution >= 4 is 11.8 Å². The topological polar surface area (TPSA) is 66.4 Å². The summed E-state index contributed by atoms with van der Waals surface area (Å²) in [5.41, 5.74) is 3.72. The minimum atomic E-state index is -0.645. The zero-order valence-electron chi connectivity index (χ0n) is 19.1. The van der Waals surface area contributed by atoms with Gasteiger partial charge in [-0.3, -0.25) is 9.59 Å². The molecule has 1 aliphatic heterocycles. The Kier molecular flexibility index (Phi) is 6.49. The van der Waals surface area contributed by atoms with Gasteiger partial charge in [-0.1, -0.05) is 36.4 Å². The van der Waals surface area contributed by atoms with Crippen molar-refractivity contribution in [2.45, 2.75) is 33.2 Å². The van der Waals surface area contributed by atoms with Gasteiger partial charge in [-0.05, 0) is 49.6 Å². The number of hydrogen-bond donors (Lipinski definition) is 0. The lowest BCUT2D eigenvalue weighted by molar-refractivity contribution is -0.139. The zero-order chi connectivity index (χ0) is 23.5. The van der Waals surface area contributed by atoms with Crippen molar-refractivity contribution in [2.24, 2.45) is 0 Å². The van der Waals surface area contributed by atoms with Crippen molar-refractivity contribution < 1.29 is 14.0 Å². The van der Waals surface area contributed by atoms with E-state index in [0.29, 0.717) is 43.1 Å². The Hall–Kier alpha value is -3.61. The van der Waals surface area contributed by atoms with Crippen LogP contribution in [0, 0.1) is 19.7 Å². The van der Waals surface area contributed by atoms with E-state index < -0.39 is 6.04 Å². The van der Waals surface area contributed by atoms with Gasteiger partial charge in [0.1, 0.15) is 17.7 Å². The van der Waals surface area contributed by atoms with Gasteiger partial charge >= 0.3 is 0 Å². The molecule has 0 saturated carbocycles. The number of hydrogen-bond acceptors (Lipinski definition) is 4. The fourth-order valence-electron chi connectivity index (χ4n) is 4.36. The van der Waals surface area contributed by atoms with Crippen LogP contribution in [-0.2, 0) is 11.2 Å². The van der Waals surface area contributed by atoms with Gasteiger partial charge in [0, 0.05) is 32.3 Å². The molecule has 1 saturated heterocycles. The van der Waals surface area contributed by atoms with E-state index in [9.17, 15) is 14.0 Å². The quantitative estimate of drug-likeness (QED) is 0.598. The van der Waals surface area contributed by atoms with Crippen molar-refractivity contribution in [3.05, 3.63) is 83.2 Å². The minimum Gasteiger partial charge on any atom is -0.339 e. The number of amides is 2. The molecule has 2 aromatic carbocycles. The Balaban J connectivity index is 1.70. The standard InChI is InChI=1S/C26H27FN4O2/c1-4-30-13-14-31(25(32)23-16-28-18(3)29-17(23)2)24(26(30)33)15-20-7-5-6-8-22(20)19-9-11-21(27)12-10-19/h5-12,16,24H,4,13-15H2,1-3H3. The number of rotatable bonds is 5. The third-order valence-corrected chi connectivity index (χ3v) is 6.14. The zero-order valence-corrected chi connectivity index (χ0v) is 19.1. The van der Waals surface area contributed by atoms with E-state index in [2.05, 4.69) is 9.97 Å². The Labute approximate surface area is 193 Å². The summed E-state index contributed by atoms with van der Waals surface area (Å²) in [6.07, 6.45) is 1.90. The monoisotopic (exact) mass is 446 g/mol. The average Bonchev–Trinajstić information content (AvgIpc) is 2.81. The lowest BCUT2D eigenvalue weighted by Gasteiger charge is -2.40. The van der Waals surface area contributed by atoms with E-state index >= 15 is 0 Å². The largest absolute Gasteiger partial charge is 0.339 e. The summed E-state index contributed by atoms with van der Waals surface area (Å²) in [6.45, 7) is 7.02. The van der Waals surface area contributed by atoms with Gasteiger partial charge in [0.15, 0.2) is 0 Å². The van der Waals surface area contributed by atoms with Gasteiger partial charge in [0.2, 0.25) is 5.91 Å². The molecule has 0 bridgehead atoms. The number of likely N-dealkylation sites (N-methyl/N-ethyl adjacent to an activating group) is 1. The predicted octanol–water partition coefficient (Wildman–Crippen LogP) is 3.82. The van der Waals surface area contributed by atoms with Gasteiger partial charge < -0.3 is 9.80 Å². The second kappa shape index (κ2) is 9.48. The number of aromatic nitrogens is 2. The van der Waals surface area contributed by atoms with Crippen molar-refractivity contribution in [1.82, 2.24) is 19.8 Å². The minimum absolute atomic E-state index is 0.0725. The highest BCUT2D eigenvalue weighted by molar-refractivity contribution is 5.99. The third-order valence-electron chi connectivity index (χ3n) is 6.14. The average molecular weight is 447 g/mol. The van der Waals surface area contributed by atoms with Gasteiger partial charge in [0.05, 0.1) is 11.3 Å². The fourth-order valence-corrected chi connectivity index (χ4v) is 4.36. The Morgan fingerprint density at radius 3 is 2.52 bits per heavy atom. The summed E-state index contributed by atoms with van der Waals surface area (Å²) in [7, 11) is 0. The van der Waals surface area contributed by atoms with Crippen LogP contribution >= 0.6 is 0 Å². The fraction of sp³-hybridized carbons (Fsp3) is 0.308. The molecule has 1 aromatic heterocycles. The van der Waals surface area contributed by atoms with Crippen LogP contribution in [-0.4, -0.2) is 57.3 Å². The number of carbonyl (C=O) groups excluding carboxylic acids is 2. The number of piperazine rings is 1. The van der Waals surface area contributed by atoms with Crippen LogP contribution in [0.5, 0.6) is 0 Å². The highest BCUT2D eigenvalue weighted by Crippen LogP contribution is 2.28. The van der Waals surface area contributed by atoms with Gasteiger partial charge in [-0.15, -0.1) is 0 Å². The predicted molar refractivity (Wildman–Crippen MR) is 124 cm³/mol. The maximum absolute atomic E-state index is 13.5. The molecule has 1 aliphatic rings. The van der Waals surface area contributed by atoms with Gasteiger partial charge in [0.25, 0.3) is 5.91 Å². The van der Waals surface area contributed by atoms with Gasteiger partial charge in [-0.25, -0.2) is 14.4 Å². The summed E-state index contributed by atoms with van der Waals surface area (Å²) in [5.74, 6) is -0.0111. The van der Waals surface area contributed by atoms with E-state index in [1.54, 1.807) is 42.0 Å². The molecule has 7 heteroatoms. The maximum atomic E-state index is 13.5. The second-order valence-electron chi connectivity index (χ2n) is 8.22. The smallest absolute Gasteiger partial charge is 0.258 e. The lowest BCUT2D eigenvalue weighted by Crippen LogP contribution is -2.59. The summed E-state index contributed by atoms with van der Waals surface area (Å²) < 4.78 is 13.5. The number of aryl methyl sites for hydroxylation is 2. The second-order valence-corrected chi connectivity index (χ2v) is 8.22. The van der Waals surface area contributed by atoms with Crippen molar-refractivity contribution in [3.63, 3.8) is 0 Å². The number of nitrogens with zero attached hydrogens (tertiary/aromatic N) is 4.